The first-order valence-corrected chi connectivity index (χ1v) is 5.10. The number of carbonyl (C=O) groups excluding carboxylic acids is 1. The first kappa shape index (κ1) is 13.4. The molecule has 1 rings (SSSR count). The molecule has 0 spiro atoms. The van der Waals surface area contributed by atoms with Crippen molar-refractivity contribution in [2.45, 2.75) is 13.3 Å². The molecular formula is C12H9N2O4-. The fourth-order valence-electron chi connectivity index (χ4n) is 1.50. The number of nitriles is 1. The Bertz CT molecular complexity index is 570. The number of carbonyl (C=O) groups is 1. The number of rotatable bonds is 4. The van der Waals surface area contributed by atoms with E-state index >= 15 is 0 Å². The second kappa shape index (κ2) is 5.59. The maximum absolute atomic E-state index is 10.8. The minimum Gasteiger partial charge on any atom is -0.545 e. The lowest BCUT2D eigenvalue weighted by molar-refractivity contribution is -0.385. The third-order valence-electron chi connectivity index (χ3n) is 2.36. The van der Waals surface area contributed by atoms with Crippen LogP contribution in [0.4, 0.5) is 5.69 Å². The van der Waals surface area contributed by atoms with Gasteiger partial charge in [-0.3, -0.25) is 10.1 Å². The highest BCUT2D eigenvalue weighted by molar-refractivity contribution is 5.93. The number of hydrogen-bond acceptors (Lipinski definition) is 5. The molecule has 0 atom stereocenters. The molecule has 0 unspecified atom stereocenters. The summed E-state index contributed by atoms with van der Waals surface area (Å²) in [4.78, 5) is 20.7. The number of aliphatic carboxylic acids is 1. The van der Waals surface area contributed by atoms with Gasteiger partial charge in [0, 0.05) is 11.6 Å². The molecule has 0 aliphatic rings. The van der Waals surface area contributed by atoms with Crippen molar-refractivity contribution >= 4 is 17.2 Å². The molecule has 92 valence electrons. The molecule has 1 aromatic carbocycles. The lowest BCUT2D eigenvalue weighted by atomic mass is 10.0. The van der Waals surface area contributed by atoms with Crippen molar-refractivity contribution < 1.29 is 14.8 Å². The Hall–Kier alpha value is -2.68. The van der Waals surface area contributed by atoms with E-state index in [4.69, 9.17) is 5.26 Å². The zero-order valence-electron chi connectivity index (χ0n) is 9.54. The molecule has 0 saturated heterocycles. The van der Waals surface area contributed by atoms with Gasteiger partial charge in [0.15, 0.2) is 0 Å². The Labute approximate surface area is 103 Å². The summed E-state index contributed by atoms with van der Waals surface area (Å²) in [6.45, 7) is 1.77. The molecular weight excluding hydrogens is 236 g/mol. The lowest BCUT2D eigenvalue weighted by Crippen LogP contribution is -2.19. The lowest BCUT2D eigenvalue weighted by Gasteiger charge is -2.04. The number of nitro benzene ring substituents is 1. The molecule has 0 fully saturated rings. The van der Waals surface area contributed by atoms with Crippen LogP contribution in [0, 0.1) is 21.4 Å². The average Bonchev–Trinajstić information content (AvgIpc) is 2.34. The minimum absolute atomic E-state index is 0.130. The Morgan fingerprint density at radius 2 is 2.22 bits per heavy atom. The van der Waals surface area contributed by atoms with Crippen molar-refractivity contribution in [1.29, 1.82) is 5.26 Å². The monoisotopic (exact) mass is 245 g/mol. The number of benzene rings is 1. The maximum Gasteiger partial charge on any atom is 0.273 e. The number of hydrogen-bond donors (Lipinski definition) is 0. The van der Waals surface area contributed by atoms with Crippen LogP contribution in [0.15, 0.2) is 24.3 Å². The van der Waals surface area contributed by atoms with Crippen LogP contribution in [0.2, 0.25) is 0 Å². The minimum atomic E-state index is -1.52. The van der Waals surface area contributed by atoms with Gasteiger partial charge in [-0.1, -0.05) is 19.1 Å². The molecule has 0 bridgehead atoms. The number of allylic oxidation sites excluding steroid dienone is 1. The zero-order valence-corrected chi connectivity index (χ0v) is 9.54. The first-order valence-electron chi connectivity index (χ1n) is 5.10. The number of carboxylic acid groups (broad SMARTS) is 1. The summed E-state index contributed by atoms with van der Waals surface area (Å²) in [7, 11) is 0. The van der Waals surface area contributed by atoms with Gasteiger partial charge < -0.3 is 9.90 Å². The van der Waals surface area contributed by atoms with E-state index in [1.165, 1.54) is 18.2 Å². The molecule has 6 nitrogen and oxygen atoms in total. The van der Waals surface area contributed by atoms with Gasteiger partial charge in [-0.05, 0) is 18.1 Å². The van der Waals surface area contributed by atoms with Gasteiger partial charge in [0.05, 0.1) is 22.5 Å². The Kier molecular flexibility index (Phi) is 4.16. The summed E-state index contributed by atoms with van der Waals surface area (Å²) >= 11 is 0. The molecule has 0 saturated carbocycles. The summed E-state index contributed by atoms with van der Waals surface area (Å²) in [5, 5.41) is 30.1. The van der Waals surface area contributed by atoms with Gasteiger partial charge in [-0.15, -0.1) is 0 Å². The van der Waals surface area contributed by atoms with Crippen LogP contribution in [0.1, 0.15) is 18.1 Å². The van der Waals surface area contributed by atoms with E-state index in [1.807, 2.05) is 0 Å². The van der Waals surface area contributed by atoms with Crippen molar-refractivity contribution in [2.24, 2.45) is 0 Å². The van der Waals surface area contributed by atoms with Gasteiger partial charge in [0.1, 0.15) is 0 Å². The number of carboxylic acids is 1. The summed E-state index contributed by atoms with van der Waals surface area (Å²) in [6, 6.07) is 5.85. The molecule has 0 amide bonds. The Morgan fingerprint density at radius 1 is 1.56 bits per heavy atom. The molecule has 0 aliphatic heterocycles. The smallest absolute Gasteiger partial charge is 0.273 e. The predicted molar refractivity (Wildman–Crippen MR) is 61.1 cm³/mol. The summed E-state index contributed by atoms with van der Waals surface area (Å²) in [5.41, 5.74) is 0.398. The summed E-state index contributed by atoms with van der Waals surface area (Å²) in [5.74, 6) is -1.52. The van der Waals surface area contributed by atoms with Crippen molar-refractivity contribution in [2.75, 3.05) is 0 Å². The fraction of sp³-hybridized carbons (Fsp3) is 0.167. The predicted octanol–water partition coefficient (Wildman–Crippen LogP) is 0.814. The number of nitrogens with zero attached hydrogens (tertiary/aromatic N) is 2. The molecule has 18 heavy (non-hydrogen) atoms. The number of aryl methyl sites for hydroxylation is 1. The highest BCUT2D eigenvalue weighted by atomic mass is 16.6. The number of nitro groups is 1. The molecule has 0 heterocycles. The van der Waals surface area contributed by atoms with Crippen molar-refractivity contribution in [3.63, 3.8) is 0 Å². The Morgan fingerprint density at radius 3 is 2.67 bits per heavy atom. The highest BCUT2D eigenvalue weighted by Gasteiger charge is 2.14. The van der Waals surface area contributed by atoms with Crippen molar-refractivity contribution in [1.82, 2.24) is 0 Å². The second-order valence-corrected chi connectivity index (χ2v) is 3.44. The van der Waals surface area contributed by atoms with E-state index in [9.17, 15) is 20.0 Å². The van der Waals surface area contributed by atoms with E-state index in [-0.39, 0.29) is 16.8 Å². The molecule has 6 heteroatoms. The third-order valence-corrected chi connectivity index (χ3v) is 2.36. The zero-order chi connectivity index (χ0) is 13.7. The highest BCUT2D eigenvalue weighted by Crippen LogP contribution is 2.24. The quantitative estimate of drug-likeness (QED) is 0.337. The van der Waals surface area contributed by atoms with Crippen molar-refractivity contribution in [3.8, 4) is 6.07 Å². The SMILES string of the molecule is CCc1ccc(/C(C#N)=C/C(=O)[O-])cc1[N+](=O)[O-]. The molecule has 0 radical (unpaired) electrons. The van der Waals surface area contributed by atoms with Crippen LogP contribution in [0.5, 0.6) is 0 Å². The van der Waals surface area contributed by atoms with E-state index in [0.29, 0.717) is 18.1 Å². The van der Waals surface area contributed by atoms with Gasteiger partial charge in [-0.2, -0.15) is 5.26 Å². The van der Waals surface area contributed by atoms with Gasteiger partial charge in [0.2, 0.25) is 0 Å². The molecule has 0 aliphatic carbocycles. The van der Waals surface area contributed by atoms with Crippen LogP contribution in [0.3, 0.4) is 0 Å². The topological polar surface area (TPSA) is 107 Å². The standard InChI is InChI=1S/C12H10N2O4/c1-2-8-3-4-9(5-11(8)14(17)18)10(7-13)6-12(15)16/h3-6H,2H2,1H3,(H,15,16)/p-1/b10-6+. The van der Waals surface area contributed by atoms with Crippen LogP contribution in [-0.4, -0.2) is 10.9 Å². The third kappa shape index (κ3) is 2.92. The molecule has 0 N–H and O–H groups in total. The maximum atomic E-state index is 10.8. The molecule has 0 aromatic heterocycles. The normalized spacial score (nSPS) is 10.8. The van der Waals surface area contributed by atoms with Crippen LogP contribution < -0.4 is 5.11 Å². The molecule has 1 aromatic rings. The van der Waals surface area contributed by atoms with E-state index in [2.05, 4.69) is 0 Å². The Balaban J connectivity index is 3.36. The largest absolute Gasteiger partial charge is 0.545 e. The van der Waals surface area contributed by atoms with Crippen LogP contribution >= 0.6 is 0 Å². The van der Waals surface area contributed by atoms with Crippen LogP contribution in [0.25, 0.3) is 5.57 Å². The van der Waals surface area contributed by atoms with Gasteiger partial charge in [0.25, 0.3) is 5.69 Å². The van der Waals surface area contributed by atoms with E-state index in [1.54, 1.807) is 13.0 Å². The van der Waals surface area contributed by atoms with E-state index < -0.39 is 10.9 Å². The summed E-state index contributed by atoms with van der Waals surface area (Å²) in [6.07, 6.45) is 1.09. The average molecular weight is 245 g/mol. The van der Waals surface area contributed by atoms with Gasteiger partial charge in [-0.25, -0.2) is 0 Å². The summed E-state index contributed by atoms with van der Waals surface area (Å²) < 4.78 is 0. The van der Waals surface area contributed by atoms with E-state index in [0.717, 1.165) is 0 Å². The van der Waals surface area contributed by atoms with Crippen molar-refractivity contribution in [3.05, 3.63) is 45.5 Å². The fourth-order valence-corrected chi connectivity index (χ4v) is 1.50. The van der Waals surface area contributed by atoms with Gasteiger partial charge >= 0.3 is 0 Å². The first-order chi connectivity index (χ1) is 8.49. The second-order valence-electron chi connectivity index (χ2n) is 3.44. The van der Waals surface area contributed by atoms with Crippen LogP contribution in [-0.2, 0) is 11.2 Å².